The van der Waals surface area contributed by atoms with Crippen molar-refractivity contribution in [1.29, 1.82) is 0 Å². The number of aromatic nitrogens is 5. The Morgan fingerprint density at radius 1 is 1.50 bits per heavy atom. The highest BCUT2D eigenvalue weighted by atomic mass is 35.5. The van der Waals surface area contributed by atoms with Gasteiger partial charge in [-0.3, -0.25) is 0 Å². The van der Waals surface area contributed by atoms with E-state index >= 15 is 0 Å². The molecular formula is C9H4ClN5O2S3. The summed E-state index contributed by atoms with van der Waals surface area (Å²) >= 11 is 9.59. The first-order valence-electron chi connectivity index (χ1n) is 5.04. The van der Waals surface area contributed by atoms with Crippen molar-refractivity contribution in [1.82, 2.24) is 25.2 Å². The molecule has 0 aliphatic carbocycles. The molecule has 7 nitrogen and oxygen atoms in total. The maximum absolute atomic E-state index is 11.1. The van der Waals surface area contributed by atoms with Crippen LogP contribution in [0.25, 0.3) is 5.00 Å². The average molecular weight is 346 g/mol. The molecule has 0 fully saturated rings. The van der Waals surface area contributed by atoms with Gasteiger partial charge in [0.25, 0.3) is 0 Å². The van der Waals surface area contributed by atoms with Crippen molar-refractivity contribution in [3.05, 3.63) is 27.5 Å². The van der Waals surface area contributed by atoms with E-state index in [9.17, 15) is 4.79 Å². The number of tetrazole rings is 1. The van der Waals surface area contributed by atoms with Gasteiger partial charge in [0.1, 0.15) is 9.34 Å². The Labute approximate surface area is 129 Å². The van der Waals surface area contributed by atoms with E-state index in [1.54, 1.807) is 5.38 Å². The topological polar surface area (TPSA) is 93.8 Å². The number of carboxylic acid groups (broad SMARTS) is 1. The van der Waals surface area contributed by atoms with Crippen molar-refractivity contribution in [2.75, 3.05) is 0 Å². The maximum Gasteiger partial charge on any atom is 0.338 e. The Balaban J connectivity index is 1.97. The highest BCUT2D eigenvalue weighted by Gasteiger charge is 2.19. The normalized spacial score (nSPS) is 10.8. The summed E-state index contributed by atoms with van der Waals surface area (Å²) in [6, 6.07) is 1.51. The van der Waals surface area contributed by atoms with E-state index in [4.69, 9.17) is 16.7 Å². The third-order valence-electron chi connectivity index (χ3n) is 2.14. The highest BCUT2D eigenvalue weighted by Crippen LogP contribution is 2.33. The molecule has 0 aromatic carbocycles. The number of nitrogens with zero attached hydrogens (tertiary/aromatic N) is 5. The van der Waals surface area contributed by atoms with Crippen LogP contribution in [0.2, 0.25) is 4.34 Å². The van der Waals surface area contributed by atoms with Gasteiger partial charge >= 0.3 is 5.97 Å². The number of hydrogen-bond acceptors (Lipinski definition) is 8. The third-order valence-corrected chi connectivity index (χ3v) is 5.16. The van der Waals surface area contributed by atoms with Crippen LogP contribution in [0.15, 0.2) is 27.1 Å². The molecule has 0 atom stereocenters. The first-order valence-corrected chi connectivity index (χ1v) is 7.93. The molecule has 0 aliphatic rings. The molecule has 0 unspecified atom stereocenters. The molecule has 3 aromatic heterocycles. The zero-order valence-electron chi connectivity index (χ0n) is 9.43. The molecule has 0 amide bonds. The summed E-state index contributed by atoms with van der Waals surface area (Å²) in [6.07, 6.45) is 1.54. The molecule has 0 spiro atoms. The molecule has 0 saturated carbocycles. The molecule has 0 radical (unpaired) electrons. The van der Waals surface area contributed by atoms with Gasteiger partial charge in [0, 0.05) is 0 Å². The van der Waals surface area contributed by atoms with Crippen LogP contribution in [-0.4, -0.2) is 36.3 Å². The Morgan fingerprint density at radius 3 is 3.05 bits per heavy atom. The fourth-order valence-corrected chi connectivity index (χ4v) is 4.25. The third kappa shape index (κ3) is 2.54. The van der Waals surface area contributed by atoms with Gasteiger partial charge in [-0.25, -0.2) is 9.78 Å². The van der Waals surface area contributed by atoms with E-state index in [1.807, 2.05) is 0 Å². The molecule has 3 aromatic rings. The predicted molar refractivity (Wildman–Crippen MR) is 75.2 cm³/mol. The molecule has 0 aliphatic heterocycles. The second kappa shape index (κ2) is 5.48. The van der Waals surface area contributed by atoms with Gasteiger partial charge in [0.05, 0.1) is 11.8 Å². The van der Waals surface area contributed by atoms with E-state index in [-0.39, 0.29) is 5.56 Å². The van der Waals surface area contributed by atoms with Crippen LogP contribution in [0.3, 0.4) is 0 Å². The first-order chi connectivity index (χ1) is 9.65. The summed E-state index contributed by atoms with van der Waals surface area (Å²) in [5, 5.41) is 23.0. The number of carbonyl (C=O) groups is 1. The van der Waals surface area contributed by atoms with Crippen LogP contribution in [0.1, 0.15) is 10.4 Å². The quantitative estimate of drug-likeness (QED) is 0.776. The van der Waals surface area contributed by atoms with Gasteiger partial charge in [-0.2, -0.15) is 4.68 Å². The van der Waals surface area contributed by atoms with Crippen LogP contribution in [-0.2, 0) is 0 Å². The average Bonchev–Trinajstić information content (AvgIpc) is 3.09. The molecule has 20 heavy (non-hydrogen) atoms. The Kier molecular flexibility index (Phi) is 3.70. The van der Waals surface area contributed by atoms with Crippen LogP contribution >= 0.6 is 46.0 Å². The number of aromatic carboxylic acids is 1. The van der Waals surface area contributed by atoms with Crippen molar-refractivity contribution in [3.8, 4) is 5.00 Å². The smallest absolute Gasteiger partial charge is 0.338 e. The lowest BCUT2D eigenvalue weighted by molar-refractivity contribution is 0.0697. The van der Waals surface area contributed by atoms with Crippen molar-refractivity contribution in [2.45, 2.75) is 9.50 Å². The fourth-order valence-electron chi connectivity index (χ4n) is 1.36. The van der Waals surface area contributed by atoms with Gasteiger partial charge in [-0.1, -0.05) is 22.9 Å². The minimum atomic E-state index is -1.02. The van der Waals surface area contributed by atoms with Crippen LogP contribution < -0.4 is 0 Å². The summed E-state index contributed by atoms with van der Waals surface area (Å²) in [4.78, 5) is 15.2. The van der Waals surface area contributed by atoms with Crippen LogP contribution in [0.4, 0.5) is 0 Å². The Hall–Kier alpha value is -1.49. The molecule has 11 heteroatoms. The summed E-state index contributed by atoms with van der Waals surface area (Å²) in [5.74, 6) is -1.02. The zero-order chi connectivity index (χ0) is 14.1. The van der Waals surface area contributed by atoms with Gasteiger partial charge in [0.15, 0.2) is 4.34 Å². The second-order valence-corrected chi connectivity index (χ2v) is 7.12. The SMILES string of the molecule is O=C(O)c1ccsc1-n1nnnc1Sc1ncc(Cl)s1. The molecule has 1 N–H and O–H groups in total. The van der Waals surface area contributed by atoms with Gasteiger partial charge in [-0.05, 0) is 33.6 Å². The van der Waals surface area contributed by atoms with Crippen LogP contribution in [0.5, 0.6) is 0 Å². The van der Waals surface area contributed by atoms with Gasteiger partial charge in [-0.15, -0.1) is 16.4 Å². The summed E-state index contributed by atoms with van der Waals surface area (Å²) in [6.45, 7) is 0. The predicted octanol–water partition coefficient (Wildman–Crippen LogP) is 2.68. The first kappa shape index (κ1) is 13.5. The lowest BCUT2D eigenvalue weighted by Crippen LogP contribution is -2.04. The molecule has 3 rings (SSSR count). The van der Waals surface area contributed by atoms with E-state index in [0.29, 0.717) is 18.8 Å². The monoisotopic (exact) mass is 345 g/mol. The summed E-state index contributed by atoms with van der Waals surface area (Å²) in [7, 11) is 0. The van der Waals surface area contributed by atoms with Crippen molar-refractivity contribution >= 4 is 52.0 Å². The molecular weight excluding hydrogens is 342 g/mol. The number of rotatable bonds is 4. The van der Waals surface area contributed by atoms with E-state index in [2.05, 4.69) is 20.5 Å². The maximum atomic E-state index is 11.1. The number of halogens is 1. The zero-order valence-corrected chi connectivity index (χ0v) is 12.6. The number of thiophene rings is 1. The van der Waals surface area contributed by atoms with Gasteiger partial charge in [0.2, 0.25) is 5.16 Å². The molecule has 102 valence electrons. The fraction of sp³-hybridized carbons (Fsp3) is 0. The van der Waals surface area contributed by atoms with E-state index < -0.39 is 5.97 Å². The summed E-state index contributed by atoms with van der Waals surface area (Å²) < 4.78 is 2.63. The second-order valence-electron chi connectivity index (χ2n) is 3.35. The number of thiazole rings is 1. The minimum absolute atomic E-state index is 0.154. The number of hydrogen-bond donors (Lipinski definition) is 1. The van der Waals surface area contributed by atoms with Crippen LogP contribution in [0, 0.1) is 0 Å². The van der Waals surface area contributed by atoms with E-state index in [0.717, 1.165) is 0 Å². The highest BCUT2D eigenvalue weighted by molar-refractivity contribution is 8.00. The molecule has 0 saturated heterocycles. The Bertz CT molecular complexity index is 767. The Morgan fingerprint density at radius 2 is 2.35 bits per heavy atom. The summed E-state index contributed by atoms with van der Waals surface area (Å²) in [5.41, 5.74) is 0.154. The molecule has 3 heterocycles. The van der Waals surface area contributed by atoms with E-state index in [1.165, 1.54) is 51.4 Å². The van der Waals surface area contributed by atoms with Crippen molar-refractivity contribution in [2.24, 2.45) is 0 Å². The van der Waals surface area contributed by atoms with Crippen molar-refractivity contribution < 1.29 is 9.90 Å². The lowest BCUT2D eigenvalue weighted by atomic mass is 10.3. The standard InChI is InChI=1S/C9H4ClN5O2S3/c10-5-3-11-9(19-5)20-8-12-13-14-15(8)6-4(7(16)17)1-2-18-6/h1-3H,(H,16,17). The minimum Gasteiger partial charge on any atom is -0.478 e. The van der Waals surface area contributed by atoms with Gasteiger partial charge < -0.3 is 5.11 Å². The molecule has 0 bridgehead atoms. The van der Waals surface area contributed by atoms with Crippen molar-refractivity contribution in [3.63, 3.8) is 0 Å². The lowest BCUT2D eigenvalue weighted by Gasteiger charge is -2.01. The number of carboxylic acids is 1. The largest absolute Gasteiger partial charge is 0.478 e.